The van der Waals surface area contributed by atoms with Gasteiger partial charge in [-0.05, 0) is 12.8 Å². The van der Waals surface area contributed by atoms with Crippen LogP contribution in [0, 0.1) is 23.7 Å². The second-order valence-corrected chi connectivity index (χ2v) is 8.72. The van der Waals surface area contributed by atoms with Crippen LogP contribution in [0.25, 0.3) is 0 Å². The fraction of sp³-hybridized carbons (Fsp3) is 0.812. The third kappa shape index (κ3) is 2.98. The number of esters is 3. The second-order valence-electron chi connectivity index (χ2n) is 7.00. The van der Waals surface area contributed by atoms with Crippen LogP contribution in [0.4, 0.5) is 0 Å². The maximum atomic E-state index is 12.2. The molecule has 1 aliphatic heterocycles. The number of rotatable bonds is 6. The molecule has 26 heavy (non-hydrogen) atoms. The first-order chi connectivity index (χ1) is 12.2. The van der Waals surface area contributed by atoms with Gasteiger partial charge < -0.3 is 14.2 Å². The lowest BCUT2D eigenvalue weighted by Crippen LogP contribution is -2.46. The van der Waals surface area contributed by atoms with Crippen molar-refractivity contribution in [3.05, 3.63) is 0 Å². The van der Waals surface area contributed by atoms with E-state index >= 15 is 0 Å². The van der Waals surface area contributed by atoms with Crippen LogP contribution in [0.2, 0.25) is 0 Å². The van der Waals surface area contributed by atoms with Crippen LogP contribution in [0.3, 0.4) is 0 Å². The van der Waals surface area contributed by atoms with Crippen molar-refractivity contribution in [2.75, 3.05) is 13.7 Å². The van der Waals surface area contributed by atoms with Gasteiger partial charge in [0.25, 0.3) is 10.1 Å². The predicted molar refractivity (Wildman–Crippen MR) is 85.0 cm³/mol. The zero-order chi connectivity index (χ0) is 19.2. The van der Waals surface area contributed by atoms with Crippen molar-refractivity contribution in [2.45, 2.75) is 44.1 Å². The molecule has 10 heteroatoms. The lowest BCUT2D eigenvalue weighted by Gasteiger charge is -2.29. The summed E-state index contributed by atoms with van der Waals surface area (Å²) in [6.07, 6.45) is -0.702. The van der Waals surface area contributed by atoms with Crippen LogP contribution < -0.4 is 0 Å². The molecule has 0 aromatic carbocycles. The summed E-state index contributed by atoms with van der Waals surface area (Å²) in [6.45, 7) is 2.94. The predicted octanol–water partition coefficient (Wildman–Crippen LogP) is 0.0236. The van der Waals surface area contributed by atoms with E-state index in [-0.39, 0.29) is 5.92 Å². The van der Waals surface area contributed by atoms with E-state index in [1.54, 1.807) is 6.92 Å². The summed E-state index contributed by atoms with van der Waals surface area (Å²) in [7, 11) is -2.74. The molecule has 3 aliphatic rings. The molecule has 7 unspecified atom stereocenters. The SMILES string of the molecule is CCC(C)C(=O)OCC(=O)OC1C2CC3C1OS(=O)(=O)C3C2C(=O)OC. The van der Waals surface area contributed by atoms with E-state index in [2.05, 4.69) is 0 Å². The minimum absolute atomic E-state index is 0.335. The number of carbonyl (C=O) groups is 3. The Morgan fingerprint density at radius 1 is 1.23 bits per heavy atom. The van der Waals surface area contributed by atoms with E-state index in [9.17, 15) is 22.8 Å². The molecule has 0 radical (unpaired) electrons. The molecule has 7 atom stereocenters. The van der Waals surface area contributed by atoms with Crippen molar-refractivity contribution in [1.29, 1.82) is 0 Å². The third-order valence-electron chi connectivity index (χ3n) is 5.62. The van der Waals surface area contributed by atoms with Gasteiger partial charge in [-0.1, -0.05) is 13.8 Å². The highest BCUT2D eigenvalue weighted by Crippen LogP contribution is 2.58. The van der Waals surface area contributed by atoms with Crippen molar-refractivity contribution >= 4 is 28.0 Å². The fourth-order valence-corrected chi connectivity index (χ4v) is 6.27. The molecule has 3 rings (SSSR count). The van der Waals surface area contributed by atoms with E-state index in [0.29, 0.717) is 12.8 Å². The Hall–Kier alpha value is -1.68. The Balaban J connectivity index is 1.69. The highest BCUT2D eigenvalue weighted by molar-refractivity contribution is 7.87. The van der Waals surface area contributed by atoms with Gasteiger partial charge in [-0.3, -0.25) is 13.8 Å². The molecule has 0 aromatic rings. The second kappa shape index (κ2) is 6.80. The minimum Gasteiger partial charge on any atom is -0.469 e. The standard InChI is InChI=1S/C16H22O9S/c1-4-7(2)15(18)23-6-10(17)24-12-8-5-9-13(12)25-26(20,21)14(9)11(8)16(19)22-3/h7-9,11-14H,4-6H2,1-3H3. The summed E-state index contributed by atoms with van der Waals surface area (Å²) in [4.78, 5) is 35.8. The van der Waals surface area contributed by atoms with Crippen molar-refractivity contribution in [1.82, 2.24) is 0 Å². The minimum atomic E-state index is -3.92. The van der Waals surface area contributed by atoms with Gasteiger partial charge in [0.2, 0.25) is 0 Å². The molecule has 3 fully saturated rings. The number of carbonyl (C=O) groups excluding carboxylic acids is 3. The normalized spacial score (nSPS) is 37.2. The number of hydrogen-bond donors (Lipinski definition) is 0. The van der Waals surface area contributed by atoms with Crippen LogP contribution in [0.5, 0.6) is 0 Å². The van der Waals surface area contributed by atoms with E-state index in [1.165, 1.54) is 7.11 Å². The maximum Gasteiger partial charge on any atom is 0.344 e. The first-order valence-electron chi connectivity index (χ1n) is 8.57. The molecule has 0 amide bonds. The molecule has 1 saturated heterocycles. The molecule has 146 valence electrons. The maximum absolute atomic E-state index is 12.2. The van der Waals surface area contributed by atoms with E-state index in [4.69, 9.17) is 18.4 Å². The van der Waals surface area contributed by atoms with E-state index in [0.717, 1.165) is 0 Å². The molecule has 2 bridgehead atoms. The van der Waals surface area contributed by atoms with E-state index in [1.807, 2.05) is 6.92 Å². The molecule has 9 nitrogen and oxygen atoms in total. The largest absolute Gasteiger partial charge is 0.469 e. The average Bonchev–Trinajstić information content (AvgIpc) is 3.20. The van der Waals surface area contributed by atoms with Gasteiger partial charge in [0.05, 0.1) is 18.9 Å². The van der Waals surface area contributed by atoms with Crippen LogP contribution >= 0.6 is 0 Å². The zero-order valence-electron chi connectivity index (χ0n) is 14.7. The van der Waals surface area contributed by atoms with Gasteiger partial charge >= 0.3 is 17.9 Å². The molecule has 2 aliphatic carbocycles. The van der Waals surface area contributed by atoms with Crippen LogP contribution in [0.15, 0.2) is 0 Å². The van der Waals surface area contributed by atoms with Gasteiger partial charge in [0.15, 0.2) is 6.61 Å². The molecule has 2 saturated carbocycles. The number of ether oxygens (including phenoxy) is 3. The average molecular weight is 390 g/mol. The van der Waals surface area contributed by atoms with Crippen LogP contribution in [-0.2, 0) is 42.9 Å². The highest BCUT2D eigenvalue weighted by Gasteiger charge is 2.72. The molecule has 0 N–H and O–H groups in total. The summed E-state index contributed by atoms with van der Waals surface area (Å²) in [6, 6.07) is 0. The lowest BCUT2D eigenvalue weighted by atomic mass is 9.84. The molecular weight excluding hydrogens is 368 g/mol. The zero-order valence-corrected chi connectivity index (χ0v) is 15.6. The van der Waals surface area contributed by atoms with Crippen molar-refractivity contribution in [2.24, 2.45) is 23.7 Å². The quantitative estimate of drug-likeness (QED) is 0.351. The summed E-state index contributed by atoms with van der Waals surface area (Å²) < 4.78 is 44.6. The number of hydrogen-bond acceptors (Lipinski definition) is 9. The molecule has 0 aromatic heterocycles. The van der Waals surface area contributed by atoms with Crippen molar-refractivity contribution in [3.63, 3.8) is 0 Å². The monoisotopic (exact) mass is 390 g/mol. The van der Waals surface area contributed by atoms with Crippen molar-refractivity contribution < 1.29 is 41.2 Å². The van der Waals surface area contributed by atoms with Gasteiger partial charge in [0, 0.05) is 11.8 Å². The first-order valence-corrected chi connectivity index (χ1v) is 10.0. The topological polar surface area (TPSA) is 122 Å². The fourth-order valence-electron chi connectivity index (χ4n) is 4.21. The number of methoxy groups -OCH3 is 1. The third-order valence-corrected chi connectivity index (χ3v) is 7.42. The Labute approximate surface area is 151 Å². The van der Waals surface area contributed by atoms with Gasteiger partial charge in [-0.15, -0.1) is 0 Å². The molecule has 1 heterocycles. The summed E-state index contributed by atoms with van der Waals surface area (Å²) in [5.41, 5.74) is 0. The summed E-state index contributed by atoms with van der Waals surface area (Å²) >= 11 is 0. The Morgan fingerprint density at radius 2 is 1.92 bits per heavy atom. The smallest absolute Gasteiger partial charge is 0.344 e. The molecular formula is C16H22O9S. The Bertz CT molecular complexity index is 715. The van der Waals surface area contributed by atoms with E-state index < -0.39 is 69.8 Å². The number of fused-ring (bicyclic) bond motifs is 1. The Kier molecular flexibility index (Phi) is 5.00. The highest BCUT2D eigenvalue weighted by atomic mass is 32.2. The first kappa shape index (κ1) is 19.1. The van der Waals surface area contributed by atoms with Gasteiger partial charge in [-0.25, -0.2) is 4.79 Å². The molecule has 0 spiro atoms. The van der Waals surface area contributed by atoms with Gasteiger partial charge in [-0.2, -0.15) is 8.42 Å². The summed E-state index contributed by atoms with van der Waals surface area (Å²) in [5, 5.41) is -0.955. The van der Waals surface area contributed by atoms with Gasteiger partial charge in [0.1, 0.15) is 17.5 Å². The van der Waals surface area contributed by atoms with Crippen molar-refractivity contribution in [3.8, 4) is 0 Å². The lowest BCUT2D eigenvalue weighted by molar-refractivity contribution is -0.171. The Morgan fingerprint density at radius 3 is 2.54 bits per heavy atom. The summed E-state index contributed by atoms with van der Waals surface area (Å²) in [5.74, 6) is -4.12. The van der Waals surface area contributed by atoms with Crippen LogP contribution in [-0.4, -0.2) is 57.5 Å². The van der Waals surface area contributed by atoms with Crippen LogP contribution in [0.1, 0.15) is 26.7 Å².